The Hall–Kier alpha value is -2.17. The van der Waals surface area contributed by atoms with E-state index < -0.39 is 0 Å². The largest absolute Gasteiger partial charge is 0.330 e. The predicted molar refractivity (Wildman–Crippen MR) is 86.7 cm³/mol. The van der Waals surface area contributed by atoms with Gasteiger partial charge in [-0.1, -0.05) is 12.1 Å². The van der Waals surface area contributed by atoms with Crippen molar-refractivity contribution < 1.29 is 9.18 Å². The summed E-state index contributed by atoms with van der Waals surface area (Å²) < 4.78 is 15.0. The van der Waals surface area contributed by atoms with Crippen molar-refractivity contribution in [2.24, 2.45) is 0 Å². The molecule has 1 aromatic carbocycles. The van der Waals surface area contributed by atoms with Gasteiger partial charge < -0.3 is 4.90 Å². The fourth-order valence-corrected chi connectivity index (χ4v) is 3.29. The Labute approximate surface area is 135 Å². The van der Waals surface area contributed by atoms with Gasteiger partial charge in [-0.05, 0) is 56.9 Å². The van der Waals surface area contributed by atoms with Crippen molar-refractivity contribution in [3.05, 3.63) is 53.1 Å². The van der Waals surface area contributed by atoms with Gasteiger partial charge in [0.2, 0.25) is 0 Å². The predicted octanol–water partition coefficient (Wildman–Crippen LogP) is 3.72. The number of piperidine rings is 1. The maximum atomic E-state index is 13.2. The molecule has 1 fully saturated rings. The van der Waals surface area contributed by atoms with Gasteiger partial charge >= 0.3 is 0 Å². The molecule has 1 atom stereocenters. The fraction of sp³-hybridized carbons (Fsp3) is 0.444. The molecule has 3 rings (SSSR count). The van der Waals surface area contributed by atoms with E-state index in [9.17, 15) is 9.18 Å². The second-order valence-electron chi connectivity index (χ2n) is 6.05. The van der Waals surface area contributed by atoms with E-state index in [0.29, 0.717) is 5.69 Å². The molecule has 1 amide bonds. The van der Waals surface area contributed by atoms with Gasteiger partial charge in [0.15, 0.2) is 5.69 Å². The lowest BCUT2D eigenvalue weighted by Crippen LogP contribution is -2.38. The first kappa shape index (κ1) is 15.7. The number of benzene rings is 1. The highest BCUT2D eigenvalue weighted by Crippen LogP contribution is 2.32. The van der Waals surface area contributed by atoms with Gasteiger partial charge in [0.05, 0.1) is 6.04 Å². The van der Waals surface area contributed by atoms with Gasteiger partial charge in [-0.15, -0.1) is 0 Å². The zero-order valence-corrected chi connectivity index (χ0v) is 13.6. The van der Waals surface area contributed by atoms with Crippen LogP contribution in [0.4, 0.5) is 4.39 Å². The third-order valence-electron chi connectivity index (χ3n) is 4.52. The molecule has 2 heterocycles. The molecule has 0 radical (unpaired) electrons. The topological polar surface area (TPSA) is 38.1 Å². The monoisotopic (exact) mass is 315 g/mol. The number of halogens is 1. The van der Waals surface area contributed by atoms with Crippen LogP contribution in [0.3, 0.4) is 0 Å². The van der Waals surface area contributed by atoms with Gasteiger partial charge in [0.1, 0.15) is 5.82 Å². The van der Waals surface area contributed by atoms with Crippen LogP contribution >= 0.6 is 0 Å². The van der Waals surface area contributed by atoms with E-state index in [0.717, 1.165) is 43.6 Å². The Morgan fingerprint density at radius 3 is 2.70 bits per heavy atom. The third-order valence-corrected chi connectivity index (χ3v) is 4.52. The summed E-state index contributed by atoms with van der Waals surface area (Å²) >= 11 is 0. The van der Waals surface area contributed by atoms with E-state index in [-0.39, 0.29) is 17.8 Å². The zero-order valence-electron chi connectivity index (χ0n) is 13.6. The van der Waals surface area contributed by atoms with Crippen LogP contribution in [0.25, 0.3) is 0 Å². The number of carbonyl (C=O) groups excluding carboxylic acids is 1. The first-order chi connectivity index (χ1) is 11.1. The molecular formula is C18H22FN3O. The highest BCUT2D eigenvalue weighted by atomic mass is 19.1. The van der Waals surface area contributed by atoms with Gasteiger partial charge in [-0.3, -0.25) is 9.48 Å². The van der Waals surface area contributed by atoms with Crippen molar-refractivity contribution in [1.82, 2.24) is 14.7 Å². The maximum Gasteiger partial charge on any atom is 0.274 e. The van der Waals surface area contributed by atoms with E-state index in [1.54, 1.807) is 12.1 Å². The smallest absolute Gasteiger partial charge is 0.274 e. The summed E-state index contributed by atoms with van der Waals surface area (Å²) in [5.41, 5.74) is 2.48. The highest BCUT2D eigenvalue weighted by molar-refractivity contribution is 5.92. The minimum Gasteiger partial charge on any atom is -0.330 e. The summed E-state index contributed by atoms with van der Waals surface area (Å²) in [6.07, 6.45) is 2.98. The number of likely N-dealkylation sites (tertiary alicyclic amines) is 1. The second-order valence-corrected chi connectivity index (χ2v) is 6.05. The maximum absolute atomic E-state index is 13.2. The molecule has 0 N–H and O–H groups in total. The number of carbonyl (C=O) groups is 1. The lowest BCUT2D eigenvalue weighted by molar-refractivity contribution is 0.0604. The van der Waals surface area contributed by atoms with Gasteiger partial charge in [0, 0.05) is 18.8 Å². The first-order valence-corrected chi connectivity index (χ1v) is 8.21. The summed E-state index contributed by atoms with van der Waals surface area (Å²) in [7, 11) is 0. The summed E-state index contributed by atoms with van der Waals surface area (Å²) in [6.45, 7) is 5.44. The minimum atomic E-state index is -0.250. The molecule has 1 aliphatic heterocycles. The molecule has 1 aromatic heterocycles. The van der Waals surface area contributed by atoms with E-state index in [4.69, 9.17) is 0 Å². The number of nitrogens with zero attached hydrogens (tertiary/aromatic N) is 3. The standard InChI is InChI=1S/C18H22FN3O/c1-3-22-13(2)12-16(20-22)18(23)21-11-5-4-6-17(21)14-7-9-15(19)10-8-14/h7-10,12,17H,3-6,11H2,1-2H3/t17-/m0/s1. The van der Waals surface area contributed by atoms with Crippen LogP contribution < -0.4 is 0 Å². The molecule has 2 aromatic rings. The third kappa shape index (κ3) is 3.14. The minimum absolute atomic E-state index is 0.00364. The van der Waals surface area contributed by atoms with Gasteiger partial charge in [-0.25, -0.2) is 4.39 Å². The van der Waals surface area contributed by atoms with Crippen LogP contribution in [-0.2, 0) is 6.54 Å². The normalized spacial score (nSPS) is 18.2. The number of rotatable bonds is 3. The van der Waals surface area contributed by atoms with Crippen LogP contribution in [0, 0.1) is 12.7 Å². The Morgan fingerprint density at radius 1 is 1.30 bits per heavy atom. The summed E-state index contributed by atoms with van der Waals surface area (Å²) in [5.74, 6) is -0.283. The van der Waals surface area contributed by atoms with E-state index in [2.05, 4.69) is 5.10 Å². The lowest BCUT2D eigenvalue weighted by atomic mass is 9.95. The molecule has 0 spiro atoms. The molecule has 1 aliphatic rings. The molecule has 122 valence electrons. The SMILES string of the molecule is CCn1nc(C(=O)N2CCCC[C@H]2c2ccc(F)cc2)cc1C. The van der Waals surface area contributed by atoms with Gasteiger partial charge in [0.25, 0.3) is 5.91 Å². The number of aromatic nitrogens is 2. The molecule has 0 aliphatic carbocycles. The lowest BCUT2D eigenvalue weighted by Gasteiger charge is -2.35. The van der Waals surface area contributed by atoms with E-state index in [1.807, 2.05) is 29.5 Å². The summed E-state index contributed by atoms with van der Waals surface area (Å²) in [5, 5.41) is 4.41. The number of hydrogen-bond donors (Lipinski definition) is 0. The number of hydrogen-bond acceptors (Lipinski definition) is 2. The fourth-order valence-electron chi connectivity index (χ4n) is 3.29. The molecule has 23 heavy (non-hydrogen) atoms. The number of amides is 1. The van der Waals surface area contributed by atoms with Crippen LogP contribution in [-0.4, -0.2) is 27.1 Å². The van der Waals surface area contributed by atoms with Crippen molar-refractivity contribution in [3.8, 4) is 0 Å². The van der Waals surface area contributed by atoms with Crippen molar-refractivity contribution in [2.45, 2.75) is 45.7 Å². The zero-order chi connectivity index (χ0) is 16.4. The average Bonchev–Trinajstić information content (AvgIpc) is 2.96. The first-order valence-electron chi connectivity index (χ1n) is 8.21. The molecule has 0 bridgehead atoms. The molecule has 0 saturated carbocycles. The molecular weight excluding hydrogens is 293 g/mol. The van der Waals surface area contributed by atoms with Crippen molar-refractivity contribution in [1.29, 1.82) is 0 Å². The van der Waals surface area contributed by atoms with Crippen LogP contribution in [0.1, 0.15) is 54.0 Å². The quantitative estimate of drug-likeness (QED) is 0.866. The van der Waals surface area contributed by atoms with E-state index >= 15 is 0 Å². The van der Waals surface area contributed by atoms with Crippen LogP contribution in [0.2, 0.25) is 0 Å². The Kier molecular flexibility index (Phi) is 4.46. The molecule has 1 saturated heterocycles. The Bertz CT molecular complexity index is 693. The number of aryl methyl sites for hydroxylation is 2. The average molecular weight is 315 g/mol. The van der Waals surface area contributed by atoms with Crippen LogP contribution in [0.5, 0.6) is 0 Å². The Morgan fingerprint density at radius 2 is 2.04 bits per heavy atom. The molecule has 0 unspecified atom stereocenters. The molecule has 5 heteroatoms. The van der Waals surface area contributed by atoms with E-state index in [1.165, 1.54) is 12.1 Å². The van der Waals surface area contributed by atoms with Crippen molar-refractivity contribution in [2.75, 3.05) is 6.54 Å². The summed E-state index contributed by atoms with van der Waals surface area (Å²) in [6, 6.07) is 8.33. The molecule has 4 nitrogen and oxygen atoms in total. The van der Waals surface area contributed by atoms with Crippen molar-refractivity contribution >= 4 is 5.91 Å². The van der Waals surface area contributed by atoms with Crippen molar-refractivity contribution in [3.63, 3.8) is 0 Å². The second kappa shape index (κ2) is 6.52. The Balaban J connectivity index is 1.88. The van der Waals surface area contributed by atoms with Gasteiger partial charge in [-0.2, -0.15) is 5.10 Å². The summed E-state index contributed by atoms with van der Waals surface area (Å²) in [4.78, 5) is 14.8. The van der Waals surface area contributed by atoms with Crippen LogP contribution in [0.15, 0.2) is 30.3 Å². The highest BCUT2D eigenvalue weighted by Gasteiger charge is 2.30.